The summed E-state index contributed by atoms with van der Waals surface area (Å²) in [6.07, 6.45) is 4.21. The van der Waals surface area contributed by atoms with Crippen molar-refractivity contribution in [3.63, 3.8) is 0 Å². The third-order valence-corrected chi connectivity index (χ3v) is 5.60. The molecule has 1 heterocycles. The molecule has 5 heteroatoms. The number of aromatic nitrogens is 1. The topological polar surface area (TPSA) is 54.6 Å². The van der Waals surface area contributed by atoms with Crippen LogP contribution in [0.5, 0.6) is 0 Å². The van der Waals surface area contributed by atoms with Crippen molar-refractivity contribution in [2.24, 2.45) is 4.99 Å². The summed E-state index contributed by atoms with van der Waals surface area (Å²) in [6.45, 7) is 4.07. The molecular formula is C20H20N2O2S. The summed E-state index contributed by atoms with van der Waals surface area (Å²) in [7, 11) is 0. The summed E-state index contributed by atoms with van der Waals surface area (Å²) in [4.78, 5) is 17.2. The van der Waals surface area contributed by atoms with E-state index in [2.05, 4.69) is 30.3 Å². The van der Waals surface area contributed by atoms with Gasteiger partial charge >= 0.3 is 5.97 Å². The van der Waals surface area contributed by atoms with Gasteiger partial charge in [0.05, 0.1) is 5.69 Å². The zero-order valence-electron chi connectivity index (χ0n) is 14.3. The molecule has 2 aromatic carbocycles. The van der Waals surface area contributed by atoms with E-state index in [-0.39, 0.29) is 6.04 Å². The van der Waals surface area contributed by atoms with Gasteiger partial charge in [0, 0.05) is 17.6 Å². The standard InChI is InChI=1S/C20H20N2O2S/c1-12(2)22-11-18(19(23)24)25-20(22)21-17-10-9-14(13-7-8-13)15-5-3-4-6-16(15)17/h3-6,9-13H,7-8H2,1-2H3,(H,23,24). The van der Waals surface area contributed by atoms with Crippen molar-refractivity contribution in [1.29, 1.82) is 0 Å². The molecule has 0 saturated heterocycles. The van der Waals surface area contributed by atoms with E-state index in [1.165, 1.54) is 35.1 Å². The maximum atomic E-state index is 11.3. The molecule has 1 saturated carbocycles. The largest absolute Gasteiger partial charge is 0.477 e. The number of hydrogen-bond acceptors (Lipinski definition) is 3. The highest BCUT2D eigenvalue weighted by atomic mass is 32.1. The van der Waals surface area contributed by atoms with Crippen molar-refractivity contribution in [3.05, 3.63) is 57.8 Å². The second-order valence-electron chi connectivity index (χ2n) is 6.79. The number of benzene rings is 2. The Morgan fingerprint density at radius 2 is 1.92 bits per heavy atom. The van der Waals surface area contributed by atoms with Crippen LogP contribution in [0.2, 0.25) is 0 Å². The Hall–Kier alpha value is -2.40. The van der Waals surface area contributed by atoms with Crippen molar-refractivity contribution in [1.82, 2.24) is 4.57 Å². The monoisotopic (exact) mass is 352 g/mol. The van der Waals surface area contributed by atoms with Crippen LogP contribution >= 0.6 is 11.3 Å². The Balaban J connectivity index is 1.93. The van der Waals surface area contributed by atoms with Crippen LogP contribution in [0.25, 0.3) is 10.8 Å². The molecule has 3 aromatic rings. The minimum absolute atomic E-state index is 0.153. The summed E-state index contributed by atoms with van der Waals surface area (Å²) in [5, 5.41) is 11.7. The summed E-state index contributed by atoms with van der Waals surface area (Å²) in [5.41, 5.74) is 2.30. The van der Waals surface area contributed by atoms with E-state index in [9.17, 15) is 9.90 Å². The number of carbonyl (C=O) groups is 1. The average molecular weight is 352 g/mol. The van der Waals surface area contributed by atoms with Gasteiger partial charge in [-0.1, -0.05) is 41.7 Å². The Morgan fingerprint density at radius 1 is 1.20 bits per heavy atom. The molecule has 0 unspecified atom stereocenters. The van der Waals surface area contributed by atoms with Gasteiger partial charge in [0.25, 0.3) is 0 Å². The van der Waals surface area contributed by atoms with Crippen LogP contribution in [0.3, 0.4) is 0 Å². The van der Waals surface area contributed by atoms with E-state index >= 15 is 0 Å². The molecule has 4 rings (SSSR count). The van der Waals surface area contributed by atoms with Crippen LogP contribution in [0.4, 0.5) is 5.69 Å². The molecule has 1 aliphatic carbocycles. The second-order valence-corrected chi connectivity index (χ2v) is 7.80. The van der Waals surface area contributed by atoms with E-state index in [1.807, 2.05) is 24.5 Å². The Labute approximate surface area is 150 Å². The highest BCUT2D eigenvalue weighted by Crippen LogP contribution is 2.44. The lowest BCUT2D eigenvalue weighted by Gasteiger charge is -2.09. The van der Waals surface area contributed by atoms with Crippen molar-refractivity contribution >= 4 is 33.8 Å². The first kappa shape index (κ1) is 16.1. The zero-order chi connectivity index (χ0) is 17.6. The number of carboxylic acid groups (broad SMARTS) is 1. The summed E-state index contributed by atoms with van der Waals surface area (Å²) < 4.78 is 1.93. The van der Waals surface area contributed by atoms with Gasteiger partial charge in [-0.3, -0.25) is 0 Å². The molecule has 128 valence electrons. The predicted molar refractivity (Wildman–Crippen MR) is 101 cm³/mol. The lowest BCUT2D eigenvalue weighted by molar-refractivity contribution is 0.0701. The Kier molecular flexibility index (Phi) is 3.96. The third-order valence-electron chi connectivity index (χ3n) is 4.61. The van der Waals surface area contributed by atoms with E-state index in [1.54, 1.807) is 6.20 Å². The van der Waals surface area contributed by atoms with Gasteiger partial charge in [-0.05, 0) is 49.6 Å². The van der Waals surface area contributed by atoms with Gasteiger partial charge in [-0.15, -0.1) is 0 Å². The van der Waals surface area contributed by atoms with Gasteiger partial charge in [0.15, 0.2) is 4.80 Å². The molecule has 4 nitrogen and oxygen atoms in total. The number of carboxylic acids is 1. The smallest absolute Gasteiger partial charge is 0.347 e. The molecule has 1 aromatic heterocycles. The van der Waals surface area contributed by atoms with Crippen LogP contribution < -0.4 is 4.80 Å². The van der Waals surface area contributed by atoms with Crippen molar-refractivity contribution in [2.75, 3.05) is 0 Å². The minimum Gasteiger partial charge on any atom is -0.477 e. The molecule has 0 radical (unpaired) electrons. The zero-order valence-corrected chi connectivity index (χ0v) is 15.1. The lowest BCUT2D eigenvalue weighted by Crippen LogP contribution is -2.15. The van der Waals surface area contributed by atoms with Crippen LogP contribution in [-0.2, 0) is 0 Å². The molecule has 1 N–H and O–H groups in total. The van der Waals surface area contributed by atoms with Gasteiger partial charge in [-0.2, -0.15) is 0 Å². The second kappa shape index (κ2) is 6.15. The normalized spacial score (nSPS) is 15.2. The summed E-state index contributed by atoms with van der Waals surface area (Å²) in [6, 6.07) is 12.8. The molecule has 1 fully saturated rings. The van der Waals surface area contributed by atoms with Crippen LogP contribution in [-0.4, -0.2) is 15.6 Å². The van der Waals surface area contributed by atoms with E-state index in [0.29, 0.717) is 10.8 Å². The number of thiazole rings is 1. The first-order valence-electron chi connectivity index (χ1n) is 8.56. The fourth-order valence-electron chi connectivity index (χ4n) is 3.17. The number of fused-ring (bicyclic) bond motifs is 1. The lowest BCUT2D eigenvalue weighted by atomic mass is 10.00. The quantitative estimate of drug-likeness (QED) is 0.711. The molecule has 0 spiro atoms. The van der Waals surface area contributed by atoms with Crippen molar-refractivity contribution < 1.29 is 9.90 Å². The fourth-order valence-corrected chi connectivity index (χ4v) is 4.13. The first-order chi connectivity index (χ1) is 12.0. The minimum atomic E-state index is -0.908. The average Bonchev–Trinajstić information content (AvgIpc) is 3.34. The maximum Gasteiger partial charge on any atom is 0.347 e. The third kappa shape index (κ3) is 3.00. The van der Waals surface area contributed by atoms with Gasteiger partial charge in [0.2, 0.25) is 0 Å². The van der Waals surface area contributed by atoms with Crippen molar-refractivity contribution in [2.45, 2.75) is 38.6 Å². The van der Waals surface area contributed by atoms with Crippen LogP contribution in [0.15, 0.2) is 47.6 Å². The summed E-state index contributed by atoms with van der Waals surface area (Å²) in [5.74, 6) is -0.227. The van der Waals surface area contributed by atoms with Gasteiger partial charge in [-0.25, -0.2) is 9.79 Å². The highest BCUT2D eigenvalue weighted by Gasteiger charge is 2.25. The maximum absolute atomic E-state index is 11.3. The van der Waals surface area contributed by atoms with Gasteiger partial charge in [0.1, 0.15) is 4.88 Å². The predicted octanol–water partition coefficient (Wildman–Crippen LogP) is 5.09. The number of hydrogen-bond donors (Lipinski definition) is 1. The van der Waals surface area contributed by atoms with Crippen LogP contribution in [0, 0.1) is 0 Å². The highest BCUT2D eigenvalue weighted by molar-refractivity contribution is 7.11. The number of rotatable bonds is 4. The molecule has 0 atom stereocenters. The summed E-state index contributed by atoms with van der Waals surface area (Å²) >= 11 is 1.22. The Morgan fingerprint density at radius 3 is 2.56 bits per heavy atom. The van der Waals surface area contributed by atoms with Crippen LogP contribution in [0.1, 0.15) is 53.9 Å². The number of aromatic carboxylic acids is 1. The van der Waals surface area contributed by atoms with Crippen molar-refractivity contribution in [3.8, 4) is 0 Å². The van der Waals surface area contributed by atoms with Gasteiger partial charge < -0.3 is 9.67 Å². The van der Waals surface area contributed by atoms with E-state index in [0.717, 1.165) is 15.9 Å². The molecule has 1 aliphatic rings. The Bertz CT molecular complexity index is 1030. The van der Waals surface area contributed by atoms with E-state index < -0.39 is 5.97 Å². The van der Waals surface area contributed by atoms with E-state index in [4.69, 9.17) is 4.99 Å². The SMILES string of the molecule is CC(C)n1cc(C(=O)O)sc1=Nc1ccc(C2CC2)c2ccccc12. The number of nitrogens with zero attached hydrogens (tertiary/aromatic N) is 2. The molecule has 0 bridgehead atoms. The molecule has 25 heavy (non-hydrogen) atoms. The first-order valence-corrected chi connectivity index (χ1v) is 9.38. The molecule has 0 amide bonds. The fraction of sp³-hybridized carbons (Fsp3) is 0.300. The molecular weight excluding hydrogens is 332 g/mol. The molecule has 0 aliphatic heterocycles.